The van der Waals surface area contributed by atoms with Crippen molar-refractivity contribution in [2.45, 2.75) is 12.8 Å². The van der Waals surface area contributed by atoms with E-state index in [0.717, 1.165) is 72.8 Å². The molecular weight excluding hydrogens is 472 g/mol. The van der Waals surface area contributed by atoms with E-state index < -0.39 is 0 Å². The van der Waals surface area contributed by atoms with Gasteiger partial charge in [0.1, 0.15) is 12.4 Å². The zero-order valence-corrected chi connectivity index (χ0v) is 22.1. The van der Waals surface area contributed by atoms with Crippen LogP contribution in [-0.2, 0) is 0 Å². The van der Waals surface area contributed by atoms with Crippen LogP contribution in [-0.4, -0.2) is 79.2 Å². The summed E-state index contributed by atoms with van der Waals surface area (Å²) in [5.41, 5.74) is 5.37. The summed E-state index contributed by atoms with van der Waals surface area (Å²) in [6.07, 6.45) is 4.51. The molecule has 4 aromatic rings. The molecule has 6 rings (SSSR count). The van der Waals surface area contributed by atoms with Crippen LogP contribution in [0.25, 0.3) is 22.0 Å². The van der Waals surface area contributed by atoms with E-state index in [2.05, 4.69) is 98.8 Å². The van der Waals surface area contributed by atoms with Gasteiger partial charge >= 0.3 is 0 Å². The van der Waals surface area contributed by atoms with Crippen molar-refractivity contribution in [1.82, 2.24) is 19.8 Å². The van der Waals surface area contributed by atoms with E-state index >= 15 is 0 Å². The Bertz CT molecular complexity index is 1340. The Kier molecular flexibility index (Phi) is 7.38. The smallest absolute Gasteiger partial charge is 0.227 e. The van der Waals surface area contributed by atoms with Crippen LogP contribution in [0, 0.1) is 0 Å². The molecule has 2 fully saturated rings. The number of ether oxygens (including phenoxy) is 1. The summed E-state index contributed by atoms with van der Waals surface area (Å²) in [5.74, 6) is 1.50. The second-order valence-corrected chi connectivity index (χ2v) is 10.3. The maximum absolute atomic E-state index is 6.00. The number of fused-ring (bicyclic) bond motifs is 1. The summed E-state index contributed by atoms with van der Waals surface area (Å²) in [7, 11) is 2.18. The predicted octanol–water partition coefficient (Wildman–Crippen LogP) is 5.27. The normalized spacial score (nSPS) is 16.7. The Balaban J connectivity index is 1.14. The molecule has 1 N–H and O–H groups in total. The Morgan fingerprint density at radius 3 is 2.37 bits per heavy atom. The van der Waals surface area contributed by atoms with E-state index in [-0.39, 0.29) is 0 Å². The van der Waals surface area contributed by atoms with Crippen LogP contribution in [0.2, 0.25) is 0 Å². The second-order valence-electron chi connectivity index (χ2n) is 10.3. The number of aromatic nitrogens is 2. The van der Waals surface area contributed by atoms with E-state index in [1.54, 1.807) is 0 Å². The fourth-order valence-electron chi connectivity index (χ4n) is 5.33. The summed E-state index contributed by atoms with van der Waals surface area (Å²) in [6, 6.07) is 23.1. The molecule has 196 valence electrons. The molecule has 0 radical (unpaired) electrons. The Morgan fingerprint density at radius 1 is 0.842 bits per heavy atom. The molecule has 3 aromatic carbocycles. The summed E-state index contributed by atoms with van der Waals surface area (Å²) in [4.78, 5) is 16.8. The standard InChI is InChI=1S/C31H36N6O/c1-35-17-19-37(20-18-35)27-11-9-26(10-12-27)33-31-32-23-25-5-4-6-29(30(25)34-31)24-7-13-28(14-8-24)38-22-21-36-15-2-3-16-36/h4-14,23H,2-3,15-22H2,1H3,(H,32,33,34). The molecule has 7 heteroatoms. The molecule has 1 aromatic heterocycles. The van der Waals surface area contributed by atoms with Gasteiger partial charge in [0.2, 0.25) is 5.95 Å². The maximum Gasteiger partial charge on any atom is 0.227 e. The first-order valence-corrected chi connectivity index (χ1v) is 13.7. The molecule has 2 aliphatic heterocycles. The minimum Gasteiger partial charge on any atom is -0.492 e. The lowest BCUT2D eigenvalue weighted by atomic mass is 10.0. The van der Waals surface area contributed by atoms with Crippen LogP contribution >= 0.6 is 0 Å². The van der Waals surface area contributed by atoms with Gasteiger partial charge in [-0.05, 0) is 74.9 Å². The molecule has 0 amide bonds. The van der Waals surface area contributed by atoms with E-state index in [9.17, 15) is 0 Å². The number of hydrogen-bond donors (Lipinski definition) is 1. The molecule has 0 atom stereocenters. The number of hydrogen-bond acceptors (Lipinski definition) is 7. The number of likely N-dealkylation sites (N-methyl/N-ethyl adjacent to an activating group) is 1. The molecule has 3 heterocycles. The zero-order valence-electron chi connectivity index (χ0n) is 22.1. The molecule has 0 saturated carbocycles. The summed E-state index contributed by atoms with van der Waals surface area (Å²) in [6.45, 7) is 8.44. The minimum atomic E-state index is 0.596. The lowest BCUT2D eigenvalue weighted by Crippen LogP contribution is -2.44. The lowest BCUT2D eigenvalue weighted by molar-refractivity contribution is 0.238. The molecule has 0 aliphatic carbocycles. The van der Waals surface area contributed by atoms with E-state index in [0.29, 0.717) is 5.95 Å². The van der Waals surface area contributed by atoms with Crippen LogP contribution < -0.4 is 15.0 Å². The number of rotatable bonds is 8. The van der Waals surface area contributed by atoms with Gasteiger partial charge in [-0.25, -0.2) is 9.97 Å². The van der Waals surface area contributed by atoms with E-state index in [1.807, 2.05) is 6.20 Å². The van der Waals surface area contributed by atoms with Crippen molar-refractivity contribution in [3.05, 3.63) is 72.9 Å². The van der Waals surface area contributed by atoms with Gasteiger partial charge in [-0.3, -0.25) is 4.90 Å². The molecule has 38 heavy (non-hydrogen) atoms. The van der Waals surface area contributed by atoms with Crippen molar-refractivity contribution in [2.75, 3.05) is 69.7 Å². The third-order valence-corrected chi connectivity index (χ3v) is 7.64. The van der Waals surface area contributed by atoms with Crippen molar-refractivity contribution in [3.63, 3.8) is 0 Å². The summed E-state index contributed by atoms with van der Waals surface area (Å²) < 4.78 is 6.00. The molecule has 7 nitrogen and oxygen atoms in total. The number of piperazine rings is 1. The Morgan fingerprint density at radius 2 is 1.61 bits per heavy atom. The first-order chi connectivity index (χ1) is 18.7. The van der Waals surface area contributed by atoms with Crippen molar-refractivity contribution in [2.24, 2.45) is 0 Å². The molecule has 0 spiro atoms. The van der Waals surface area contributed by atoms with E-state index in [1.165, 1.54) is 31.6 Å². The number of likely N-dealkylation sites (tertiary alicyclic amines) is 1. The summed E-state index contributed by atoms with van der Waals surface area (Å²) in [5, 5.41) is 4.41. The molecule has 2 aliphatic rings. The van der Waals surface area contributed by atoms with Crippen molar-refractivity contribution >= 4 is 28.2 Å². The van der Waals surface area contributed by atoms with Gasteiger partial charge in [-0.2, -0.15) is 0 Å². The van der Waals surface area contributed by atoms with Crippen LogP contribution in [0.4, 0.5) is 17.3 Å². The SMILES string of the molecule is CN1CCN(c2ccc(Nc3ncc4cccc(-c5ccc(OCCN6CCCC6)cc5)c4n3)cc2)CC1. The maximum atomic E-state index is 6.00. The molecular formula is C31H36N6O. The lowest BCUT2D eigenvalue weighted by Gasteiger charge is -2.34. The monoisotopic (exact) mass is 508 g/mol. The fourth-order valence-corrected chi connectivity index (χ4v) is 5.33. The third kappa shape index (κ3) is 5.74. The summed E-state index contributed by atoms with van der Waals surface area (Å²) >= 11 is 0. The number of benzene rings is 3. The average molecular weight is 509 g/mol. The highest BCUT2D eigenvalue weighted by Gasteiger charge is 2.15. The second kappa shape index (κ2) is 11.4. The molecule has 0 bridgehead atoms. The van der Waals surface area contributed by atoms with Crippen molar-refractivity contribution in [3.8, 4) is 16.9 Å². The van der Waals surface area contributed by atoms with Crippen LogP contribution in [0.15, 0.2) is 72.9 Å². The van der Waals surface area contributed by atoms with Crippen molar-refractivity contribution < 1.29 is 4.74 Å². The quantitative estimate of drug-likeness (QED) is 0.348. The van der Waals surface area contributed by atoms with Crippen LogP contribution in [0.5, 0.6) is 5.75 Å². The molecule has 2 saturated heterocycles. The highest BCUT2D eigenvalue weighted by Crippen LogP contribution is 2.30. The molecule has 0 unspecified atom stereocenters. The highest BCUT2D eigenvalue weighted by atomic mass is 16.5. The first kappa shape index (κ1) is 24.6. The predicted molar refractivity (Wildman–Crippen MR) is 156 cm³/mol. The van der Waals surface area contributed by atoms with Gasteiger partial charge in [0.05, 0.1) is 5.52 Å². The Labute approximate surface area is 225 Å². The van der Waals surface area contributed by atoms with Crippen LogP contribution in [0.1, 0.15) is 12.8 Å². The number of nitrogens with one attached hydrogen (secondary N) is 1. The van der Waals surface area contributed by atoms with Gasteiger partial charge in [0.15, 0.2) is 0 Å². The van der Waals surface area contributed by atoms with Gasteiger partial charge in [0.25, 0.3) is 0 Å². The van der Waals surface area contributed by atoms with Gasteiger partial charge in [0, 0.05) is 61.2 Å². The third-order valence-electron chi connectivity index (χ3n) is 7.64. The minimum absolute atomic E-state index is 0.596. The Hall–Kier alpha value is -3.68. The number of anilines is 3. The largest absolute Gasteiger partial charge is 0.492 e. The topological polar surface area (TPSA) is 56.8 Å². The van der Waals surface area contributed by atoms with Crippen molar-refractivity contribution in [1.29, 1.82) is 0 Å². The van der Waals surface area contributed by atoms with Gasteiger partial charge in [-0.1, -0.05) is 30.3 Å². The van der Waals surface area contributed by atoms with Gasteiger partial charge < -0.3 is 19.9 Å². The number of nitrogens with zero attached hydrogens (tertiary/aromatic N) is 5. The average Bonchev–Trinajstić information content (AvgIpc) is 3.48. The highest BCUT2D eigenvalue weighted by molar-refractivity contribution is 5.94. The number of para-hydroxylation sites is 1. The fraction of sp³-hybridized carbons (Fsp3) is 0.355. The van der Waals surface area contributed by atoms with Gasteiger partial charge in [-0.15, -0.1) is 0 Å². The first-order valence-electron chi connectivity index (χ1n) is 13.7. The van der Waals surface area contributed by atoms with E-state index in [4.69, 9.17) is 9.72 Å². The zero-order chi connectivity index (χ0) is 25.7. The van der Waals surface area contributed by atoms with Crippen LogP contribution in [0.3, 0.4) is 0 Å².